The molecule has 1 fully saturated rings. The molecule has 1 aliphatic rings. The van der Waals surface area contributed by atoms with E-state index in [1.165, 1.54) is 6.42 Å². The molecule has 1 rings (SSSR count). The summed E-state index contributed by atoms with van der Waals surface area (Å²) >= 11 is 2.06. The second-order valence-electron chi connectivity index (χ2n) is 3.97. The molecular weight excluding hydrogens is 168 g/mol. The molecule has 0 N–H and O–H groups in total. The van der Waals surface area contributed by atoms with Gasteiger partial charge in [-0.1, -0.05) is 13.8 Å². The lowest BCUT2D eigenvalue weighted by atomic mass is 10.1. The fraction of sp³-hybridized carbons (Fsp3) is 1.00. The molecule has 2 unspecified atom stereocenters. The van der Waals surface area contributed by atoms with Crippen molar-refractivity contribution in [1.29, 1.82) is 0 Å². The van der Waals surface area contributed by atoms with Crippen LogP contribution in [0.2, 0.25) is 0 Å². The van der Waals surface area contributed by atoms with E-state index in [9.17, 15) is 0 Å². The molecule has 1 aliphatic heterocycles. The predicted molar refractivity (Wildman–Crippen MR) is 55.8 cm³/mol. The van der Waals surface area contributed by atoms with E-state index in [-0.39, 0.29) is 0 Å². The molecule has 72 valence electrons. The molecule has 0 aliphatic carbocycles. The fourth-order valence-electron chi connectivity index (χ4n) is 1.47. The minimum atomic E-state index is 0.638. The van der Waals surface area contributed by atoms with Crippen LogP contribution in [-0.4, -0.2) is 34.9 Å². The van der Waals surface area contributed by atoms with E-state index in [1.807, 2.05) is 0 Å². The maximum Gasteiger partial charge on any atom is 0.0714 e. The highest BCUT2D eigenvalue weighted by Gasteiger charge is 2.32. The number of hydrazine groups is 1. The maximum absolute atomic E-state index is 2.36. The van der Waals surface area contributed by atoms with E-state index >= 15 is 0 Å². The number of hydrogen-bond acceptors (Lipinski definition) is 3. The van der Waals surface area contributed by atoms with Gasteiger partial charge in [-0.15, -0.1) is 11.8 Å². The summed E-state index contributed by atoms with van der Waals surface area (Å²) in [5, 5.41) is 6.00. The molecule has 1 saturated heterocycles. The molecule has 0 spiro atoms. The first kappa shape index (κ1) is 10.4. The zero-order chi connectivity index (χ0) is 9.30. The van der Waals surface area contributed by atoms with Crippen molar-refractivity contribution in [2.75, 3.05) is 14.1 Å². The third kappa shape index (κ3) is 2.15. The Morgan fingerprint density at radius 1 is 1.25 bits per heavy atom. The molecule has 2 nitrogen and oxygen atoms in total. The second kappa shape index (κ2) is 3.99. The molecule has 2 atom stereocenters. The van der Waals surface area contributed by atoms with Gasteiger partial charge in [0.25, 0.3) is 0 Å². The molecule has 0 radical (unpaired) electrons. The Morgan fingerprint density at radius 2 is 1.83 bits per heavy atom. The summed E-state index contributed by atoms with van der Waals surface area (Å²) in [5.41, 5.74) is 0. The number of hydrogen-bond donors (Lipinski definition) is 0. The van der Waals surface area contributed by atoms with Crippen LogP contribution in [0.5, 0.6) is 0 Å². The highest BCUT2D eigenvalue weighted by molar-refractivity contribution is 8.00. The zero-order valence-corrected chi connectivity index (χ0v) is 9.56. The van der Waals surface area contributed by atoms with Crippen LogP contribution in [0, 0.1) is 5.92 Å². The topological polar surface area (TPSA) is 6.48 Å². The lowest BCUT2D eigenvalue weighted by Gasteiger charge is -2.25. The molecule has 12 heavy (non-hydrogen) atoms. The maximum atomic E-state index is 2.36. The zero-order valence-electron chi connectivity index (χ0n) is 8.74. The van der Waals surface area contributed by atoms with Gasteiger partial charge in [0.15, 0.2) is 0 Å². The third-order valence-electron chi connectivity index (χ3n) is 2.47. The Morgan fingerprint density at radius 3 is 2.17 bits per heavy atom. The third-order valence-corrected chi connectivity index (χ3v) is 3.98. The van der Waals surface area contributed by atoms with Crippen LogP contribution in [0.4, 0.5) is 0 Å². The predicted octanol–water partition coefficient (Wildman–Crippen LogP) is 2.23. The smallest absolute Gasteiger partial charge is 0.0714 e. The second-order valence-corrected chi connectivity index (χ2v) is 5.47. The lowest BCUT2D eigenvalue weighted by molar-refractivity contribution is 0.0256. The molecule has 0 aromatic carbocycles. The molecule has 0 amide bonds. The van der Waals surface area contributed by atoms with Crippen molar-refractivity contribution < 1.29 is 0 Å². The Labute approximate surface area is 80.3 Å². The number of nitrogens with zero attached hydrogens (tertiary/aromatic N) is 2. The molecule has 0 bridgehead atoms. The van der Waals surface area contributed by atoms with E-state index in [0.717, 1.165) is 5.92 Å². The molecule has 3 heteroatoms. The summed E-state index contributed by atoms with van der Waals surface area (Å²) in [6.45, 7) is 6.84. The van der Waals surface area contributed by atoms with Crippen LogP contribution < -0.4 is 0 Å². The summed E-state index contributed by atoms with van der Waals surface area (Å²) in [5.74, 6) is 0.795. The Hall–Kier alpha value is 0.270. The van der Waals surface area contributed by atoms with E-state index in [1.54, 1.807) is 0 Å². The van der Waals surface area contributed by atoms with Crippen molar-refractivity contribution in [3.8, 4) is 0 Å². The SMILES string of the molecule is CC(C)CC1SC(C)N(C)N1C. The van der Waals surface area contributed by atoms with E-state index in [0.29, 0.717) is 10.7 Å². The first-order chi connectivity index (χ1) is 5.52. The number of rotatable bonds is 2. The van der Waals surface area contributed by atoms with Crippen molar-refractivity contribution in [3.05, 3.63) is 0 Å². The van der Waals surface area contributed by atoms with Gasteiger partial charge in [-0.2, -0.15) is 0 Å². The van der Waals surface area contributed by atoms with E-state index in [2.05, 4.69) is 56.6 Å². The van der Waals surface area contributed by atoms with Crippen LogP contribution in [0.3, 0.4) is 0 Å². The Bertz CT molecular complexity index is 147. The first-order valence-corrected chi connectivity index (χ1v) is 5.57. The van der Waals surface area contributed by atoms with Gasteiger partial charge in [-0.05, 0) is 19.3 Å². The minimum absolute atomic E-state index is 0.638. The van der Waals surface area contributed by atoms with Crippen molar-refractivity contribution in [2.45, 2.75) is 37.9 Å². The minimum Gasteiger partial charge on any atom is -0.231 e. The fourth-order valence-corrected chi connectivity index (χ4v) is 3.07. The van der Waals surface area contributed by atoms with Crippen molar-refractivity contribution in [2.24, 2.45) is 5.92 Å². The number of thioether (sulfide) groups is 1. The lowest BCUT2D eigenvalue weighted by Crippen LogP contribution is -2.37. The molecular formula is C9H20N2S. The summed E-state index contributed by atoms with van der Waals surface area (Å²) < 4.78 is 0. The standard InChI is InChI=1S/C9H20N2S/c1-7(2)6-9-11(5)10(4)8(3)12-9/h7-9H,6H2,1-5H3. The van der Waals surface area contributed by atoms with Gasteiger partial charge in [-0.25, -0.2) is 10.0 Å². The van der Waals surface area contributed by atoms with Gasteiger partial charge in [0.1, 0.15) is 0 Å². The Balaban J connectivity index is 2.47. The normalized spacial score (nSPS) is 33.5. The Kier molecular flexibility index (Phi) is 3.44. The van der Waals surface area contributed by atoms with Gasteiger partial charge in [0.05, 0.1) is 10.7 Å². The van der Waals surface area contributed by atoms with E-state index in [4.69, 9.17) is 0 Å². The molecule has 0 saturated carbocycles. The van der Waals surface area contributed by atoms with Crippen LogP contribution in [0.25, 0.3) is 0 Å². The van der Waals surface area contributed by atoms with Gasteiger partial charge >= 0.3 is 0 Å². The van der Waals surface area contributed by atoms with E-state index < -0.39 is 0 Å². The average molecular weight is 188 g/mol. The van der Waals surface area contributed by atoms with Crippen molar-refractivity contribution in [1.82, 2.24) is 10.0 Å². The average Bonchev–Trinajstić information content (AvgIpc) is 2.17. The largest absolute Gasteiger partial charge is 0.231 e. The monoisotopic (exact) mass is 188 g/mol. The summed E-state index contributed by atoms with van der Waals surface area (Å²) in [6, 6.07) is 0. The van der Waals surface area contributed by atoms with Crippen LogP contribution in [-0.2, 0) is 0 Å². The van der Waals surface area contributed by atoms with Gasteiger partial charge in [0.2, 0.25) is 0 Å². The quantitative estimate of drug-likeness (QED) is 0.656. The van der Waals surface area contributed by atoms with Gasteiger partial charge in [0, 0.05) is 14.1 Å². The van der Waals surface area contributed by atoms with Gasteiger partial charge in [-0.3, -0.25) is 0 Å². The van der Waals surface area contributed by atoms with Crippen LogP contribution in [0.1, 0.15) is 27.2 Å². The highest BCUT2D eigenvalue weighted by Crippen LogP contribution is 2.34. The van der Waals surface area contributed by atoms with Crippen molar-refractivity contribution in [3.63, 3.8) is 0 Å². The van der Waals surface area contributed by atoms with Crippen molar-refractivity contribution >= 4 is 11.8 Å². The van der Waals surface area contributed by atoms with Gasteiger partial charge < -0.3 is 0 Å². The summed E-state index contributed by atoms with van der Waals surface area (Å²) in [7, 11) is 4.35. The molecule has 0 aromatic rings. The van der Waals surface area contributed by atoms with Crippen LogP contribution >= 0.6 is 11.8 Å². The first-order valence-electron chi connectivity index (χ1n) is 4.63. The molecule has 0 aromatic heterocycles. The summed E-state index contributed by atoms with van der Waals surface area (Å²) in [6.07, 6.45) is 1.29. The molecule has 1 heterocycles. The highest BCUT2D eigenvalue weighted by atomic mass is 32.2. The summed E-state index contributed by atoms with van der Waals surface area (Å²) in [4.78, 5) is 0. The van der Waals surface area contributed by atoms with Crippen LogP contribution in [0.15, 0.2) is 0 Å².